The van der Waals surface area contributed by atoms with Crippen LogP contribution in [0.25, 0.3) is 0 Å². The van der Waals surface area contributed by atoms with E-state index in [9.17, 15) is 9.59 Å². The van der Waals surface area contributed by atoms with Gasteiger partial charge in [0.15, 0.2) is 0 Å². The highest BCUT2D eigenvalue weighted by molar-refractivity contribution is 5.95. The van der Waals surface area contributed by atoms with Crippen molar-refractivity contribution in [2.75, 3.05) is 39.8 Å². The van der Waals surface area contributed by atoms with Gasteiger partial charge in [-0.2, -0.15) is 5.10 Å². The molecule has 1 aromatic heterocycles. The van der Waals surface area contributed by atoms with Gasteiger partial charge in [0.25, 0.3) is 5.91 Å². The van der Waals surface area contributed by atoms with Crippen LogP contribution in [0.4, 0.5) is 0 Å². The van der Waals surface area contributed by atoms with Crippen LogP contribution >= 0.6 is 0 Å². The van der Waals surface area contributed by atoms with Crippen molar-refractivity contribution in [3.05, 3.63) is 18.0 Å². The molecule has 19 heavy (non-hydrogen) atoms. The highest BCUT2D eigenvalue weighted by Crippen LogP contribution is 2.03. The van der Waals surface area contributed by atoms with Gasteiger partial charge in [-0.05, 0) is 0 Å². The summed E-state index contributed by atoms with van der Waals surface area (Å²) in [7, 11) is 3.39. The van der Waals surface area contributed by atoms with E-state index in [0.717, 1.165) is 13.1 Å². The van der Waals surface area contributed by atoms with Crippen LogP contribution in [0, 0.1) is 0 Å². The Bertz CT molecular complexity index is 464. The summed E-state index contributed by atoms with van der Waals surface area (Å²) in [5.74, 6) is -0.196. The normalized spacial score (nSPS) is 15.4. The number of aromatic nitrogens is 2. The summed E-state index contributed by atoms with van der Waals surface area (Å²) < 4.78 is 1.57. The van der Waals surface area contributed by atoms with E-state index in [1.807, 2.05) is 0 Å². The quantitative estimate of drug-likeness (QED) is 0.755. The average molecular weight is 265 g/mol. The molecule has 0 bridgehead atoms. The maximum Gasteiger partial charge on any atom is 0.257 e. The van der Waals surface area contributed by atoms with Crippen molar-refractivity contribution in [3.8, 4) is 0 Å². The number of hydrogen-bond donors (Lipinski definition) is 1. The summed E-state index contributed by atoms with van der Waals surface area (Å²) in [4.78, 5) is 27.3. The Labute approximate surface area is 112 Å². The molecule has 0 aromatic carbocycles. The van der Waals surface area contributed by atoms with Gasteiger partial charge in [0.05, 0.1) is 18.3 Å². The summed E-state index contributed by atoms with van der Waals surface area (Å²) in [5.41, 5.74) is 0.498. The van der Waals surface area contributed by atoms with E-state index in [1.165, 1.54) is 11.1 Å². The first-order valence-electron chi connectivity index (χ1n) is 6.30. The van der Waals surface area contributed by atoms with Gasteiger partial charge in [0.1, 0.15) is 0 Å². The van der Waals surface area contributed by atoms with Crippen LogP contribution in [-0.4, -0.2) is 71.2 Å². The van der Waals surface area contributed by atoms with Crippen molar-refractivity contribution in [2.45, 2.75) is 0 Å². The van der Waals surface area contributed by atoms with Crippen molar-refractivity contribution < 1.29 is 9.59 Å². The molecule has 104 valence electrons. The predicted octanol–water partition coefficient (Wildman–Crippen LogP) is -1.08. The van der Waals surface area contributed by atoms with Crippen LogP contribution in [-0.2, 0) is 11.8 Å². The lowest BCUT2D eigenvalue weighted by Crippen LogP contribution is -2.49. The molecule has 2 heterocycles. The molecular formula is C12H19N5O2. The lowest BCUT2D eigenvalue weighted by atomic mass is 10.3. The maximum absolute atomic E-state index is 12.1. The number of rotatable bonds is 3. The van der Waals surface area contributed by atoms with Gasteiger partial charge < -0.3 is 15.1 Å². The van der Waals surface area contributed by atoms with Crippen molar-refractivity contribution in [1.82, 2.24) is 24.9 Å². The molecule has 0 unspecified atom stereocenters. The molecule has 1 N–H and O–H groups in total. The Morgan fingerprint density at radius 1 is 1.42 bits per heavy atom. The minimum atomic E-state index is -0.184. The molecule has 2 amide bonds. The van der Waals surface area contributed by atoms with Crippen LogP contribution in [0.3, 0.4) is 0 Å². The number of hydrogen-bond acceptors (Lipinski definition) is 4. The van der Waals surface area contributed by atoms with Gasteiger partial charge >= 0.3 is 0 Å². The Morgan fingerprint density at radius 2 is 2.11 bits per heavy atom. The third kappa shape index (κ3) is 3.31. The second kappa shape index (κ2) is 5.83. The molecule has 1 fully saturated rings. The van der Waals surface area contributed by atoms with Gasteiger partial charge in [-0.15, -0.1) is 0 Å². The fourth-order valence-electron chi connectivity index (χ4n) is 2.04. The maximum atomic E-state index is 12.1. The molecule has 1 saturated heterocycles. The zero-order valence-electron chi connectivity index (χ0n) is 11.3. The number of nitrogens with zero attached hydrogens (tertiary/aromatic N) is 4. The Hall–Kier alpha value is -1.89. The van der Waals surface area contributed by atoms with E-state index < -0.39 is 0 Å². The highest BCUT2D eigenvalue weighted by atomic mass is 16.2. The van der Waals surface area contributed by atoms with E-state index >= 15 is 0 Å². The highest BCUT2D eigenvalue weighted by Gasteiger charge is 2.21. The standard InChI is InChI=1S/C12H19N5O2/c1-15(12(19)10-7-14-16(2)8-10)9-11(18)17-5-3-13-4-6-17/h7-8,13H,3-6,9H2,1-2H3. The molecule has 2 rings (SSSR count). The summed E-state index contributed by atoms with van der Waals surface area (Å²) in [6.07, 6.45) is 3.16. The van der Waals surface area contributed by atoms with Crippen LogP contribution in [0.2, 0.25) is 0 Å². The summed E-state index contributed by atoms with van der Waals surface area (Å²) >= 11 is 0. The van der Waals surface area contributed by atoms with E-state index in [0.29, 0.717) is 18.7 Å². The molecule has 1 aliphatic heterocycles. The van der Waals surface area contributed by atoms with Crippen LogP contribution < -0.4 is 5.32 Å². The zero-order chi connectivity index (χ0) is 13.8. The monoisotopic (exact) mass is 265 g/mol. The molecule has 1 aliphatic rings. The van der Waals surface area contributed by atoms with Crippen molar-refractivity contribution >= 4 is 11.8 Å². The van der Waals surface area contributed by atoms with Crippen LogP contribution in [0.1, 0.15) is 10.4 Å². The molecular weight excluding hydrogens is 246 g/mol. The second-order valence-corrected chi connectivity index (χ2v) is 4.69. The Balaban J connectivity index is 1.91. The number of piperazine rings is 1. The number of nitrogens with one attached hydrogen (secondary N) is 1. The first-order valence-corrected chi connectivity index (χ1v) is 6.30. The molecule has 0 atom stereocenters. The average Bonchev–Trinajstić information content (AvgIpc) is 2.85. The third-order valence-corrected chi connectivity index (χ3v) is 3.14. The van der Waals surface area contributed by atoms with Crippen LogP contribution in [0.5, 0.6) is 0 Å². The van der Waals surface area contributed by atoms with Gasteiger partial charge in [-0.3, -0.25) is 14.3 Å². The summed E-state index contributed by atoms with van der Waals surface area (Å²) in [5, 5.41) is 7.14. The predicted molar refractivity (Wildman–Crippen MR) is 69.6 cm³/mol. The molecule has 7 nitrogen and oxygen atoms in total. The van der Waals surface area contributed by atoms with Gasteiger partial charge in [-0.1, -0.05) is 0 Å². The second-order valence-electron chi connectivity index (χ2n) is 4.69. The molecule has 0 saturated carbocycles. The minimum absolute atomic E-state index is 0.0127. The Kier molecular flexibility index (Phi) is 4.16. The first kappa shape index (κ1) is 13.5. The summed E-state index contributed by atoms with van der Waals surface area (Å²) in [6.45, 7) is 3.13. The molecule has 0 aliphatic carbocycles. The van der Waals surface area contributed by atoms with Gasteiger partial charge in [-0.25, -0.2) is 0 Å². The lowest BCUT2D eigenvalue weighted by molar-refractivity contribution is -0.132. The van der Waals surface area contributed by atoms with Crippen molar-refractivity contribution in [1.29, 1.82) is 0 Å². The number of likely N-dealkylation sites (N-methyl/N-ethyl adjacent to an activating group) is 1. The summed E-state index contributed by atoms with van der Waals surface area (Å²) in [6, 6.07) is 0. The van der Waals surface area contributed by atoms with Crippen LogP contribution in [0.15, 0.2) is 12.4 Å². The van der Waals surface area contributed by atoms with E-state index in [1.54, 1.807) is 29.9 Å². The smallest absolute Gasteiger partial charge is 0.257 e. The number of carbonyl (C=O) groups is 2. The topological polar surface area (TPSA) is 70.5 Å². The molecule has 0 spiro atoms. The number of amides is 2. The van der Waals surface area contributed by atoms with Gasteiger partial charge in [0, 0.05) is 46.5 Å². The van der Waals surface area contributed by atoms with E-state index in [4.69, 9.17) is 0 Å². The number of carbonyl (C=O) groups excluding carboxylic acids is 2. The SMILES string of the molecule is CN(CC(=O)N1CCNCC1)C(=O)c1cnn(C)c1. The largest absolute Gasteiger partial charge is 0.339 e. The van der Waals surface area contributed by atoms with E-state index in [-0.39, 0.29) is 18.4 Å². The fraction of sp³-hybridized carbons (Fsp3) is 0.583. The lowest BCUT2D eigenvalue weighted by Gasteiger charge is -2.29. The molecule has 1 aromatic rings. The Morgan fingerprint density at radius 3 is 2.68 bits per heavy atom. The number of aryl methyl sites for hydroxylation is 1. The van der Waals surface area contributed by atoms with E-state index in [2.05, 4.69) is 10.4 Å². The molecule has 0 radical (unpaired) electrons. The third-order valence-electron chi connectivity index (χ3n) is 3.14. The first-order chi connectivity index (χ1) is 9.08. The minimum Gasteiger partial charge on any atom is -0.339 e. The fourth-order valence-corrected chi connectivity index (χ4v) is 2.04. The van der Waals surface area contributed by atoms with Crippen molar-refractivity contribution in [2.24, 2.45) is 7.05 Å². The van der Waals surface area contributed by atoms with Crippen molar-refractivity contribution in [3.63, 3.8) is 0 Å². The molecule has 7 heteroatoms. The van der Waals surface area contributed by atoms with Gasteiger partial charge in [0.2, 0.25) is 5.91 Å². The zero-order valence-corrected chi connectivity index (χ0v) is 11.3.